The van der Waals surface area contributed by atoms with Crippen molar-refractivity contribution < 1.29 is 17.9 Å². The van der Waals surface area contributed by atoms with Gasteiger partial charge >= 0.3 is 6.36 Å². The average Bonchev–Trinajstić information content (AvgIpc) is 3.42. The lowest BCUT2D eigenvalue weighted by molar-refractivity contribution is -0.274. The molecule has 0 atom stereocenters. The number of nitrogens with zero attached hydrogens (tertiary/aromatic N) is 5. The van der Waals surface area contributed by atoms with Crippen LogP contribution in [0.5, 0.6) is 5.75 Å². The summed E-state index contributed by atoms with van der Waals surface area (Å²) in [7, 11) is -1.46. The van der Waals surface area contributed by atoms with Gasteiger partial charge in [0.2, 0.25) is 0 Å². The number of amidine groups is 1. The first kappa shape index (κ1) is 31.6. The summed E-state index contributed by atoms with van der Waals surface area (Å²) in [5.74, 6) is 4.04. The van der Waals surface area contributed by atoms with Gasteiger partial charge in [-0.25, -0.2) is 14.7 Å². The monoisotopic (exact) mass is 620 g/mol. The minimum Gasteiger partial charge on any atom is -0.406 e. The van der Waals surface area contributed by atoms with Crippen molar-refractivity contribution in [3.8, 4) is 34.3 Å². The van der Waals surface area contributed by atoms with Crippen LogP contribution in [0.4, 0.5) is 18.9 Å². The quantitative estimate of drug-likeness (QED) is 0.0754. The van der Waals surface area contributed by atoms with E-state index in [1.54, 1.807) is 6.21 Å². The fourth-order valence-corrected chi connectivity index (χ4v) is 5.08. The van der Waals surface area contributed by atoms with Gasteiger partial charge < -0.3 is 4.74 Å². The first-order valence-corrected chi connectivity index (χ1v) is 17.8. The van der Waals surface area contributed by atoms with Gasteiger partial charge in [-0.15, -0.1) is 23.8 Å². The van der Waals surface area contributed by atoms with Crippen LogP contribution in [0, 0.1) is 25.3 Å². The third kappa shape index (κ3) is 9.87. The van der Waals surface area contributed by atoms with E-state index in [4.69, 9.17) is 4.99 Å². The van der Waals surface area contributed by atoms with E-state index < -0.39 is 14.4 Å². The molecule has 0 radical (unpaired) electrons. The fourth-order valence-electron chi connectivity index (χ4n) is 3.78. The highest BCUT2D eigenvalue weighted by Gasteiger charge is 2.31. The van der Waals surface area contributed by atoms with Gasteiger partial charge in [-0.1, -0.05) is 79.8 Å². The molecule has 4 rings (SSSR count). The zero-order valence-electron chi connectivity index (χ0n) is 24.4. The van der Waals surface area contributed by atoms with Crippen LogP contribution in [-0.2, 0) is 0 Å². The molecule has 0 aliphatic heterocycles. The molecule has 0 aliphatic carbocycles. The first-order valence-electron chi connectivity index (χ1n) is 13.3. The molecule has 7 nitrogen and oxygen atoms in total. The molecule has 3 aromatic carbocycles. The molecule has 222 valence electrons. The number of thioether (sulfide) groups is 1. The summed E-state index contributed by atoms with van der Waals surface area (Å²) in [6, 6.07) is 19.0. The molecule has 0 fully saturated rings. The highest BCUT2D eigenvalue weighted by molar-refractivity contribution is 8.14. The lowest BCUT2D eigenvalue weighted by Crippen LogP contribution is -2.17. The Balaban J connectivity index is 1.43. The summed E-state index contributed by atoms with van der Waals surface area (Å²) in [4.78, 5) is 9.18. The van der Waals surface area contributed by atoms with E-state index in [-0.39, 0.29) is 5.75 Å². The summed E-state index contributed by atoms with van der Waals surface area (Å²) >= 11 is 1.51. The zero-order valence-corrected chi connectivity index (χ0v) is 26.2. The Hall–Kier alpha value is -4.34. The second-order valence-electron chi connectivity index (χ2n) is 10.5. The number of hydrogen-bond acceptors (Lipinski definition) is 6. The van der Waals surface area contributed by atoms with Crippen LogP contribution in [0.3, 0.4) is 0 Å². The molecule has 1 aromatic heterocycles. The predicted octanol–water partition coefficient (Wildman–Crippen LogP) is 7.67. The van der Waals surface area contributed by atoms with E-state index in [9.17, 15) is 13.2 Å². The Morgan fingerprint density at radius 2 is 1.70 bits per heavy atom. The molecule has 43 heavy (non-hydrogen) atoms. The maximum absolute atomic E-state index is 12.4. The van der Waals surface area contributed by atoms with Crippen molar-refractivity contribution in [2.24, 2.45) is 10.1 Å². The number of ether oxygens (including phenoxy) is 1. The van der Waals surface area contributed by atoms with Gasteiger partial charge in [-0.3, -0.25) is 5.43 Å². The van der Waals surface area contributed by atoms with Gasteiger partial charge in [0.05, 0.1) is 23.3 Å². The first-order chi connectivity index (χ1) is 20.4. The molecule has 0 bridgehead atoms. The molecule has 0 unspecified atom stereocenters. The number of aromatic nitrogens is 3. The molecule has 0 spiro atoms. The largest absolute Gasteiger partial charge is 0.573 e. The van der Waals surface area contributed by atoms with Crippen molar-refractivity contribution in [3.05, 3.63) is 89.7 Å². The van der Waals surface area contributed by atoms with Crippen molar-refractivity contribution in [1.29, 1.82) is 0 Å². The van der Waals surface area contributed by atoms with Gasteiger partial charge in [0.15, 0.2) is 11.0 Å². The fraction of sp³-hybridized carbons (Fsp3) is 0.226. The Kier molecular flexibility index (Phi) is 10.1. The predicted molar refractivity (Wildman–Crippen MR) is 171 cm³/mol. The highest BCUT2D eigenvalue weighted by Crippen LogP contribution is 2.25. The standard InChI is InChI=1S/C31H31F3N6OSSi/c1-22-8-6-9-23(2)28(22)37-30(42-18-7-19-43(3,4)5)38-36-20-24-10-12-25(13-11-24)29-35-21-40(39-29)26-14-16-27(17-15-26)41-31(32,33)34/h6,8-17,20-21H,18H2,1-5H3,(H,37,38)/b36-20-. The van der Waals surface area contributed by atoms with E-state index in [1.165, 1.54) is 47.0 Å². The van der Waals surface area contributed by atoms with Crippen LogP contribution >= 0.6 is 11.8 Å². The number of hydrazone groups is 1. The summed E-state index contributed by atoms with van der Waals surface area (Å²) in [5.41, 5.74) is 11.7. The second kappa shape index (κ2) is 13.8. The number of alkyl halides is 3. The molecule has 0 saturated heterocycles. The van der Waals surface area contributed by atoms with Gasteiger partial charge in [0.25, 0.3) is 0 Å². The Morgan fingerprint density at radius 1 is 1.02 bits per heavy atom. The third-order valence-electron chi connectivity index (χ3n) is 5.77. The van der Waals surface area contributed by atoms with E-state index in [0.717, 1.165) is 27.9 Å². The summed E-state index contributed by atoms with van der Waals surface area (Å²) < 4.78 is 42.6. The van der Waals surface area contributed by atoms with E-state index in [1.807, 2.05) is 56.3 Å². The number of aryl methyl sites for hydroxylation is 2. The van der Waals surface area contributed by atoms with E-state index >= 15 is 0 Å². The third-order valence-corrected chi connectivity index (χ3v) is 7.44. The topological polar surface area (TPSA) is 76.7 Å². The van der Waals surface area contributed by atoms with Crippen molar-refractivity contribution in [3.63, 3.8) is 0 Å². The number of benzene rings is 3. The maximum atomic E-state index is 12.4. The second-order valence-corrected chi connectivity index (χ2v) is 16.3. The van der Waals surface area contributed by atoms with E-state index in [0.29, 0.717) is 22.4 Å². The summed E-state index contributed by atoms with van der Waals surface area (Å²) in [6.45, 7) is 10.7. The minimum absolute atomic E-state index is 0.304. The van der Waals surface area contributed by atoms with E-state index in [2.05, 4.69) is 56.5 Å². The number of nitrogens with one attached hydrogen (secondary N) is 1. The van der Waals surface area contributed by atoms with Crippen LogP contribution in [-0.4, -0.2) is 46.3 Å². The lowest BCUT2D eigenvalue weighted by atomic mass is 10.1. The van der Waals surface area contributed by atoms with Crippen LogP contribution in [0.25, 0.3) is 17.1 Å². The average molecular weight is 621 g/mol. The van der Waals surface area contributed by atoms with Crippen LogP contribution in [0.1, 0.15) is 16.7 Å². The van der Waals surface area contributed by atoms with Gasteiger partial charge in [-0.05, 0) is 54.8 Å². The summed E-state index contributed by atoms with van der Waals surface area (Å²) in [6.07, 6.45) is -1.54. The Morgan fingerprint density at radius 3 is 2.33 bits per heavy atom. The minimum atomic E-state index is -4.74. The number of hydrogen-bond donors (Lipinski definition) is 1. The van der Waals surface area contributed by atoms with Crippen molar-refractivity contribution in [2.45, 2.75) is 39.9 Å². The highest BCUT2D eigenvalue weighted by atomic mass is 32.2. The normalized spacial score (nSPS) is 12.2. The molecular weight excluding hydrogens is 590 g/mol. The maximum Gasteiger partial charge on any atom is 0.573 e. The molecule has 0 aliphatic rings. The van der Waals surface area contributed by atoms with Crippen LogP contribution in [0.15, 0.2) is 83.2 Å². The Bertz CT molecular complexity index is 1650. The molecular formula is C31H31F3N6OSSi. The van der Waals surface area contributed by atoms with Crippen molar-refractivity contribution >= 4 is 36.9 Å². The molecule has 1 heterocycles. The van der Waals surface area contributed by atoms with Crippen molar-refractivity contribution in [2.75, 3.05) is 5.75 Å². The van der Waals surface area contributed by atoms with Gasteiger partial charge in [0, 0.05) is 5.56 Å². The Labute approximate surface area is 254 Å². The SMILES string of the molecule is Cc1cccc(C)c1N=C(N/N=C\c1ccc(-c2ncn(-c3ccc(OC(F)(F)F)cc3)n2)cc1)SCC#C[Si](C)(C)C. The van der Waals surface area contributed by atoms with Crippen LogP contribution < -0.4 is 10.2 Å². The van der Waals surface area contributed by atoms with Crippen LogP contribution in [0.2, 0.25) is 19.6 Å². The molecule has 0 saturated carbocycles. The molecule has 12 heteroatoms. The van der Waals surface area contributed by atoms with Gasteiger partial charge in [0.1, 0.15) is 20.2 Å². The number of aliphatic imine (C=N–C) groups is 1. The molecule has 4 aromatic rings. The molecule has 1 N–H and O–H groups in total. The smallest absolute Gasteiger partial charge is 0.406 e. The number of para-hydroxylation sites is 1. The number of rotatable bonds is 7. The lowest BCUT2D eigenvalue weighted by Gasteiger charge is -2.09. The summed E-state index contributed by atoms with van der Waals surface area (Å²) in [5, 5.41) is 9.52. The van der Waals surface area contributed by atoms with Crippen molar-refractivity contribution in [1.82, 2.24) is 20.2 Å². The molecule has 0 amide bonds. The zero-order chi connectivity index (χ0) is 31.0. The van der Waals surface area contributed by atoms with Gasteiger partial charge in [-0.2, -0.15) is 5.10 Å². The number of halogens is 3.